The highest BCUT2D eigenvalue weighted by atomic mass is 16.5. The number of hydrogen-bond donors (Lipinski definition) is 1. The fourth-order valence-electron chi connectivity index (χ4n) is 1.43. The predicted molar refractivity (Wildman–Crippen MR) is 83.4 cm³/mol. The summed E-state index contributed by atoms with van der Waals surface area (Å²) < 4.78 is 4.84. The summed E-state index contributed by atoms with van der Waals surface area (Å²) >= 11 is 0. The van der Waals surface area contributed by atoms with Crippen molar-refractivity contribution in [1.29, 1.82) is 0 Å². The van der Waals surface area contributed by atoms with Crippen LogP contribution in [0.3, 0.4) is 0 Å². The topological polar surface area (TPSA) is 63.6 Å². The van der Waals surface area contributed by atoms with E-state index in [1.165, 1.54) is 0 Å². The lowest BCUT2D eigenvalue weighted by Gasteiger charge is -2.25. The maximum absolute atomic E-state index is 11.3. The molecule has 0 heterocycles. The van der Waals surface area contributed by atoms with Crippen molar-refractivity contribution < 1.29 is 19.4 Å². The standard InChI is InChI=1S/C11H20O4.4CH4/c1-5-11(4,10(13)14)7-8(3)9(12)15-6-2;;;;/h8H,5-7H2,1-4H3,(H,13,14);4*1H4. The first-order valence-electron chi connectivity index (χ1n) is 5.27. The Morgan fingerprint density at radius 2 is 1.58 bits per heavy atom. The van der Waals surface area contributed by atoms with Crippen molar-refractivity contribution in [2.45, 2.75) is 70.2 Å². The molecule has 4 heteroatoms. The molecule has 0 bridgehead atoms. The fraction of sp³-hybridized carbons (Fsp3) is 0.867. The number of ether oxygens (including phenoxy) is 1. The molecule has 0 radical (unpaired) electrons. The normalized spacial score (nSPS) is 13.1. The number of esters is 1. The van der Waals surface area contributed by atoms with E-state index in [-0.39, 0.29) is 41.6 Å². The van der Waals surface area contributed by atoms with Crippen LogP contribution in [0.5, 0.6) is 0 Å². The SMILES string of the molecule is C.C.C.C.CCOC(=O)C(C)CC(C)(CC)C(=O)O. The van der Waals surface area contributed by atoms with E-state index in [4.69, 9.17) is 9.84 Å². The van der Waals surface area contributed by atoms with Gasteiger partial charge in [-0.3, -0.25) is 9.59 Å². The molecule has 2 atom stereocenters. The van der Waals surface area contributed by atoms with E-state index in [9.17, 15) is 9.59 Å². The molecule has 4 nitrogen and oxygen atoms in total. The molecule has 0 aromatic heterocycles. The molecule has 0 aliphatic heterocycles. The number of hydrogen-bond acceptors (Lipinski definition) is 3. The largest absolute Gasteiger partial charge is 0.481 e. The van der Waals surface area contributed by atoms with Gasteiger partial charge in [0.15, 0.2) is 0 Å². The third-order valence-corrected chi connectivity index (χ3v) is 2.74. The third kappa shape index (κ3) is 9.51. The van der Waals surface area contributed by atoms with Gasteiger partial charge in [0.2, 0.25) is 0 Å². The molecule has 1 N–H and O–H groups in total. The first-order chi connectivity index (χ1) is 6.87. The molecule has 0 aromatic rings. The molecule has 2 unspecified atom stereocenters. The van der Waals surface area contributed by atoms with Crippen molar-refractivity contribution in [3.05, 3.63) is 0 Å². The predicted octanol–water partition coefficient (Wildman–Crippen LogP) is 4.62. The Morgan fingerprint density at radius 3 is 1.84 bits per heavy atom. The van der Waals surface area contributed by atoms with Crippen LogP contribution in [-0.2, 0) is 14.3 Å². The van der Waals surface area contributed by atoms with Crippen molar-refractivity contribution in [2.24, 2.45) is 11.3 Å². The quantitative estimate of drug-likeness (QED) is 0.721. The summed E-state index contributed by atoms with van der Waals surface area (Å²) in [5.41, 5.74) is -0.841. The summed E-state index contributed by atoms with van der Waals surface area (Å²) in [4.78, 5) is 22.4. The Balaban J connectivity index is -0.000000163. The average molecular weight is 280 g/mol. The molecular weight excluding hydrogens is 244 g/mol. The number of rotatable bonds is 6. The lowest BCUT2D eigenvalue weighted by molar-refractivity contribution is -0.153. The molecule has 19 heavy (non-hydrogen) atoms. The Bertz CT molecular complexity index is 238. The van der Waals surface area contributed by atoms with Gasteiger partial charge in [-0.25, -0.2) is 0 Å². The highest BCUT2D eigenvalue weighted by molar-refractivity contribution is 5.77. The second kappa shape index (κ2) is 13.4. The van der Waals surface area contributed by atoms with Gasteiger partial charge in [-0.1, -0.05) is 43.6 Å². The first kappa shape index (κ1) is 30.7. The molecular formula is C15H36O4. The van der Waals surface area contributed by atoms with E-state index in [0.29, 0.717) is 19.4 Å². The zero-order chi connectivity index (χ0) is 12.1. The number of carboxylic acid groups (broad SMARTS) is 1. The summed E-state index contributed by atoms with van der Waals surface area (Å²) in [6.45, 7) is 7.24. The monoisotopic (exact) mass is 280 g/mol. The van der Waals surface area contributed by atoms with E-state index in [2.05, 4.69) is 0 Å². The van der Waals surface area contributed by atoms with Crippen LogP contribution in [0.2, 0.25) is 0 Å². The third-order valence-electron chi connectivity index (χ3n) is 2.74. The minimum absolute atomic E-state index is 0. The smallest absolute Gasteiger partial charge is 0.309 e. The molecule has 120 valence electrons. The Morgan fingerprint density at radius 1 is 1.16 bits per heavy atom. The Labute approximate surface area is 120 Å². The Hall–Kier alpha value is -1.06. The van der Waals surface area contributed by atoms with Crippen LogP contribution >= 0.6 is 0 Å². The minimum Gasteiger partial charge on any atom is -0.481 e. The van der Waals surface area contributed by atoms with Crippen LogP contribution in [0.15, 0.2) is 0 Å². The number of aliphatic carboxylic acids is 1. The number of carboxylic acids is 1. The number of carbonyl (C=O) groups excluding carboxylic acids is 1. The van der Waals surface area contributed by atoms with Gasteiger partial charge in [0.1, 0.15) is 0 Å². The summed E-state index contributed by atoms with van der Waals surface area (Å²) in [5, 5.41) is 9.04. The second-order valence-electron chi connectivity index (χ2n) is 4.08. The van der Waals surface area contributed by atoms with Crippen LogP contribution < -0.4 is 0 Å². The first-order valence-corrected chi connectivity index (χ1v) is 5.27. The fourth-order valence-corrected chi connectivity index (χ4v) is 1.43. The molecule has 0 aliphatic rings. The summed E-state index contributed by atoms with van der Waals surface area (Å²) in [6, 6.07) is 0. The van der Waals surface area contributed by atoms with Gasteiger partial charge in [-0.15, -0.1) is 0 Å². The molecule has 0 fully saturated rings. The van der Waals surface area contributed by atoms with Crippen LogP contribution in [0.4, 0.5) is 0 Å². The van der Waals surface area contributed by atoms with Gasteiger partial charge < -0.3 is 9.84 Å². The molecule has 0 saturated heterocycles. The molecule has 0 spiro atoms. The molecule has 0 saturated carbocycles. The molecule has 0 rings (SSSR count). The van der Waals surface area contributed by atoms with E-state index >= 15 is 0 Å². The zero-order valence-electron chi connectivity index (χ0n) is 9.87. The van der Waals surface area contributed by atoms with E-state index in [0.717, 1.165) is 0 Å². The van der Waals surface area contributed by atoms with Gasteiger partial charge in [-0.05, 0) is 26.7 Å². The molecule has 0 amide bonds. The summed E-state index contributed by atoms with van der Waals surface area (Å²) in [7, 11) is 0. The van der Waals surface area contributed by atoms with Crippen LogP contribution in [0.1, 0.15) is 70.2 Å². The minimum atomic E-state index is -0.860. The Kier molecular flexibility index (Phi) is 21.6. The van der Waals surface area contributed by atoms with Gasteiger partial charge in [0.25, 0.3) is 0 Å². The highest BCUT2D eigenvalue weighted by Gasteiger charge is 2.35. The van der Waals surface area contributed by atoms with Gasteiger partial charge in [0, 0.05) is 0 Å². The van der Waals surface area contributed by atoms with Crippen LogP contribution in [-0.4, -0.2) is 23.7 Å². The zero-order valence-corrected chi connectivity index (χ0v) is 9.87. The molecule has 0 aromatic carbocycles. The molecule has 0 aliphatic carbocycles. The van der Waals surface area contributed by atoms with Gasteiger partial charge in [-0.2, -0.15) is 0 Å². The van der Waals surface area contributed by atoms with Crippen molar-refractivity contribution >= 4 is 11.9 Å². The highest BCUT2D eigenvalue weighted by Crippen LogP contribution is 2.30. The van der Waals surface area contributed by atoms with E-state index < -0.39 is 11.4 Å². The van der Waals surface area contributed by atoms with Crippen molar-refractivity contribution in [3.63, 3.8) is 0 Å². The van der Waals surface area contributed by atoms with Crippen LogP contribution in [0, 0.1) is 11.3 Å². The van der Waals surface area contributed by atoms with Gasteiger partial charge >= 0.3 is 11.9 Å². The summed E-state index contributed by atoms with van der Waals surface area (Å²) in [6.07, 6.45) is 0.823. The maximum atomic E-state index is 11.3. The lowest BCUT2D eigenvalue weighted by Crippen LogP contribution is -2.31. The van der Waals surface area contributed by atoms with Crippen molar-refractivity contribution in [1.82, 2.24) is 0 Å². The average Bonchev–Trinajstić information content (AvgIpc) is 2.17. The number of carbonyl (C=O) groups is 2. The van der Waals surface area contributed by atoms with Gasteiger partial charge in [0.05, 0.1) is 17.9 Å². The van der Waals surface area contributed by atoms with E-state index in [1.54, 1.807) is 20.8 Å². The van der Waals surface area contributed by atoms with Crippen molar-refractivity contribution in [3.8, 4) is 0 Å². The lowest BCUT2D eigenvalue weighted by atomic mass is 9.79. The summed E-state index contributed by atoms with van der Waals surface area (Å²) in [5.74, 6) is -1.55. The second-order valence-corrected chi connectivity index (χ2v) is 4.08. The van der Waals surface area contributed by atoms with Crippen LogP contribution in [0.25, 0.3) is 0 Å². The van der Waals surface area contributed by atoms with Crippen molar-refractivity contribution in [2.75, 3.05) is 6.61 Å². The maximum Gasteiger partial charge on any atom is 0.309 e. The van der Waals surface area contributed by atoms with E-state index in [1.807, 2.05) is 6.92 Å².